The summed E-state index contributed by atoms with van der Waals surface area (Å²) in [6.07, 6.45) is 1.17. The average Bonchev–Trinajstić information content (AvgIpc) is 3.16. The van der Waals surface area contributed by atoms with Crippen molar-refractivity contribution in [3.8, 4) is 0 Å². The minimum Gasteiger partial charge on any atom is -0.371 e. The van der Waals surface area contributed by atoms with Crippen LogP contribution in [0.25, 0.3) is 11.0 Å². The van der Waals surface area contributed by atoms with Gasteiger partial charge in [-0.3, -0.25) is 0 Å². The van der Waals surface area contributed by atoms with Crippen LogP contribution in [0.3, 0.4) is 0 Å². The molecule has 0 N–H and O–H groups in total. The van der Waals surface area contributed by atoms with E-state index in [2.05, 4.69) is 72.8 Å². The van der Waals surface area contributed by atoms with E-state index in [-0.39, 0.29) is 0 Å². The number of aromatic nitrogens is 2. The van der Waals surface area contributed by atoms with Crippen LogP contribution in [0.1, 0.15) is 29.3 Å². The fraction of sp³-hybridized carbons (Fsp3) is 0.350. The summed E-state index contributed by atoms with van der Waals surface area (Å²) in [5.41, 5.74) is 6.49. The van der Waals surface area contributed by atoms with Crippen molar-refractivity contribution in [1.29, 1.82) is 0 Å². The van der Waals surface area contributed by atoms with Gasteiger partial charge in [0.25, 0.3) is 0 Å². The number of imidazole rings is 1. The zero-order valence-corrected chi connectivity index (χ0v) is 14.1. The van der Waals surface area contributed by atoms with E-state index in [0.717, 1.165) is 18.6 Å². The Morgan fingerprint density at radius 2 is 1.87 bits per heavy atom. The zero-order valence-electron chi connectivity index (χ0n) is 14.1. The molecule has 1 fully saturated rings. The van der Waals surface area contributed by atoms with Gasteiger partial charge in [0.2, 0.25) is 0 Å². The molecule has 3 nitrogen and oxygen atoms in total. The van der Waals surface area contributed by atoms with Gasteiger partial charge >= 0.3 is 0 Å². The van der Waals surface area contributed by atoms with Crippen molar-refractivity contribution in [2.75, 3.05) is 18.0 Å². The lowest BCUT2D eigenvalue weighted by Gasteiger charge is -2.22. The molecule has 3 heteroatoms. The molecule has 0 radical (unpaired) electrons. The van der Waals surface area contributed by atoms with Crippen molar-refractivity contribution in [2.24, 2.45) is 7.05 Å². The highest BCUT2D eigenvalue weighted by atomic mass is 15.2. The SMILES string of the molecule is Cc1cccc(N2CCC(c3nc4ccccc4n3C)C2)c1C. The van der Waals surface area contributed by atoms with E-state index >= 15 is 0 Å². The molecule has 2 aromatic carbocycles. The second-order valence-corrected chi connectivity index (χ2v) is 6.67. The maximum atomic E-state index is 4.90. The number of rotatable bonds is 2. The number of nitrogens with zero attached hydrogens (tertiary/aromatic N) is 3. The second-order valence-electron chi connectivity index (χ2n) is 6.67. The molecule has 1 aromatic heterocycles. The van der Waals surface area contributed by atoms with Crippen molar-refractivity contribution in [1.82, 2.24) is 9.55 Å². The molecule has 1 aliphatic heterocycles. The van der Waals surface area contributed by atoms with Gasteiger partial charge in [-0.2, -0.15) is 0 Å². The first-order chi connectivity index (χ1) is 11.1. The van der Waals surface area contributed by atoms with Crippen LogP contribution in [0, 0.1) is 13.8 Å². The summed E-state index contributed by atoms with van der Waals surface area (Å²) < 4.78 is 2.27. The van der Waals surface area contributed by atoms with E-state index in [9.17, 15) is 0 Å². The van der Waals surface area contributed by atoms with E-state index in [4.69, 9.17) is 4.98 Å². The van der Waals surface area contributed by atoms with Gasteiger partial charge in [0.05, 0.1) is 11.0 Å². The molecular formula is C20H23N3. The molecule has 0 spiro atoms. The molecule has 1 aliphatic rings. The summed E-state index contributed by atoms with van der Waals surface area (Å²) >= 11 is 0. The van der Waals surface area contributed by atoms with Crippen LogP contribution in [0.2, 0.25) is 0 Å². The Morgan fingerprint density at radius 1 is 1.04 bits per heavy atom. The van der Waals surface area contributed by atoms with Crippen molar-refractivity contribution in [3.63, 3.8) is 0 Å². The third-order valence-electron chi connectivity index (χ3n) is 5.29. The van der Waals surface area contributed by atoms with Gasteiger partial charge in [-0.05, 0) is 49.6 Å². The lowest BCUT2D eigenvalue weighted by molar-refractivity contribution is 0.673. The molecule has 23 heavy (non-hydrogen) atoms. The van der Waals surface area contributed by atoms with Gasteiger partial charge in [-0.1, -0.05) is 24.3 Å². The highest BCUT2D eigenvalue weighted by Crippen LogP contribution is 2.33. The molecule has 0 aliphatic carbocycles. The zero-order chi connectivity index (χ0) is 16.0. The van der Waals surface area contributed by atoms with Crippen molar-refractivity contribution >= 4 is 16.7 Å². The molecule has 0 saturated carbocycles. The predicted octanol–water partition coefficient (Wildman–Crippen LogP) is 4.18. The Kier molecular flexibility index (Phi) is 3.37. The second kappa shape index (κ2) is 5.41. The standard InChI is InChI=1S/C20H23N3/c1-14-7-6-10-18(15(14)2)23-12-11-16(13-23)20-21-17-8-4-5-9-19(17)22(20)3/h4-10,16H,11-13H2,1-3H3. The highest BCUT2D eigenvalue weighted by Gasteiger charge is 2.28. The van der Waals surface area contributed by atoms with Gasteiger partial charge in [0.1, 0.15) is 5.82 Å². The number of para-hydroxylation sites is 2. The van der Waals surface area contributed by atoms with Crippen molar-refractivity contribution in [3.05, 3.63) is 59.4 Å². The van der Waals surface area contributed by atoms with E-state index < -0.39 is 0 Å². The molecular weight excluding hydrogens is 282 g/mol. The third-order valence-corrected chi connectivity index (χ3v) is 5.29. The van der Waals surface area contributed by atoms with E-state index in [1.165, 1.54) is 34.6 Å². The van der Waals surface area contributed by atoms with Gasteiger partial charge < -0.3 is 9.47 Å². The van der Waals surface area contributed by atoms with Gasteiger partial charge in [-0.25, -0.2) is 4.98 Å². The van der Waals surface area contributed by atoms with E-state index in [1.807, 2.05) is 0 Å². The molecule has 1 saturated heterocycles. The Balaban J connectivity index is 1.65. The minimum atomic E-state index is 0.507. The smallest absolute Gasteiger partial charge is 0.114 e. The Hall–Kier alpha value is -2.29. The molecule has 0 amide bonds. The predicted molar refractivity (Wildman–Crippen MR) is 96.2 cm³/mol. The molecule has 2 heterocycles. The Labute approximate surface area is 137 Å². The topological polar surface area (TPSA) is 21.1 Å². The third kappa shape index (κ3) is 2.31. The lowest BCUT2D eigenvalue weighted by atomic mass is 10.1. The van der Waals surface area contributed by atoms with Gasteiger partial charge in [-0.15, -0.1) is 0 Å². The highest BCUT2D eigenvalue weighted by molar-refractivity contribution is 5.76. The minimum absolute atomic E-state index is 0.507. The molecule has 1 unspecified atom stereocenters. The maximum Gasteiger partial charge on any atom is 0.114 e. The molecule has 3 aromatic rings. The van der Waals surface area contributed by atoms with Crippen LogP contribution in [-0.2, 0) is 7.05 Å². The summed E-state index contributed by atoms with van der Waals surface area (Å²) in [6.45, 7) is 6.59. The number of hydrogen-bond acceptors (Lipinski definition) is 2. The first kappa shape index (κ1) is 14.3. The lowest BCUT2D eigenvalue weighted by Crippen LogP contribution is -2.21. The Bertz CT molecular complexity index is 862. The summed E-state index contributed by atoms with van der Waals surface area (Å²) in [5, 5.41) is 0. The monoisotopic (exact) mass is 305 g/mol. The molecule has 0 bridgehead atoms. The van der Waals surface area contributed by atoms with E-state index in [1.54, 1.807) is 0 Å². The van der Waals surface area contributed by atoms with Crippen LogP contribution >= 0.6 is 0 Å². The van der Waals surface area contributed by atoms with Crippen LogP contribution in [0.4, 0.5) is 5.69 Å². The first-order valence-electron chi connectivity index (χ1n) is 8.37. The summed E-state index contributed by atoms with van der Waals surface area (Å²) in [7, 11) is 2.14. The fourth-order valence-corrected chi connectivity index (χ4v) is 3.80. The first-order valence-corrected chi connectivity index (χ1v) is 8.37. The van der Waals surface area contributed by atoms with Crippen molar-refractivity contribution in [2.45, 2.75) is 26.2 Å². The number of fused-ring (bicyclic) bond motifs is 1. The van der Waals surface area contributed by atoms with Crippen LogP contribution in [0.15, 0.2) is 42.5 Å². The van der Waals surface area contributed by atoms with Crippen molar-refractivity contribution < 1.29 is 0 Å². The average molecular weight is 305 g/mol. The maximum absolute atomic E-state index is 4.90. The van der Waals surface area contributed by atoms with Crippen LogP contribution in [-0.4, -0.2) is 22.6 Å². The van der Waals surface area contributed by atoms with Crippen LogP contribution < -0.4 is 4.90 Å². The number of aryl methyl sites for hydroxylation is 2. The number of benzene rings is 2. The fourth-order valence-electron chi connectivity index (χ4n) is 3.80. The summed E-state index contributed by atoms with van der Waals surface area (Å²) in [5.74, 6) is 1.73. The number of anilines is 1. The normalized spacial score (nSPS) is 18.0. The number of hydrogen-bond donors (Lipinski definition) is 0. The van der Waals surface area contributed by atoms with Gasteiger partial charge in [0, 0.05) is 31.7 Å². The Morgan fingerprint density at radius 3 is 2.70 bits per heavy atom. The molecule has 1 atom stereocenters. The summed E-state index contributed by atoms with van der Waals surface area (Å²) in [6, 6.07) is 15.0. The summed E-state index contributed by atoms with van der Waals surface area (Å²) in [4.78, 5) is 7.42. The van der Waals surface area contributed by atoms with Crippen LogP contribution in [0.5, 0.6) is 0 Å². The van der Waals surface area contributed by atoms with E-state index in [0.29, 0.717) is 5.92 Å². The quantitative estimate of drug-likeness (QED) is 0.708. The molecule has 4 rings (SSSR count). The largest absolute Gasteiger partial charge is 0.371 e. The van der Waals surface area contributed by atoms with Gasteiger partial charge in [0.15, 0.2) is 0 Å². The molecule has 118 valence electrons.